The molecule has 0 aliphatic carbocycles. The molecule has 1 saturated heterocycles. The number of aromatic nitrogens is 2. The zero-order valence-electron chi connectivity index (χ0n) is 13.8. The number of amides is 2. The summed E-state index contributed by atoms with van der Waals surface area (Å²) in [6, 6.07) is 6.80. The molecule has 24 heavy (non-hydrogen) atoms. The first kappa shape index (κ1) is 16.2. The largest absolute Gasteiger partial charge is 0.337 e. The van der Waals surface area contributed by atoms with Gasteiger partial charge in [-0.25, -0.2) is 0 Å². The lowest BCUT2D eigenvalue weighted by atomic mass is 10.1. The van der Waals surface area contributed by atoms with Gasteiger partial charge in [0.2, 0.25) is 11.8 Å². The van der Waals surface area contributed by atoms with E-state index in [2.05, 4.69) is 15.5 Å². The van der Waals surface area contributed by atoms with Gasteiger partial charge in [0.1, 0.15) is 6.04 Å². The molecule has 1 aromatic carbocycles. The number of nitrogens with zero attached hydrogens (tertiary/aromatic N) is 3. The Morgan fingerprint density at radius 3 is 2.96 bits per heavy atom. The van der Waals surface area contributed by atoms with Gasteiger partial charge in [-0.2, -0.15) is 4.98 Å². The number of benzene rings is 1. The fourth-order valence-electron chi connectivity index (χ4n) is 2.86. The highest BCUT2D eigenvalue weighted by Gasteiger charge is 2.34. The van der Waals surface area contributed by atoms with E-state index < -0.39 is 0 Å². The summed E-state index contributed by atoms with van der Waals surface area (Å²) in [4.78, 5) is 30.4. The summed E-state index contributed by atoms with van der Waals surface area (Å²) in [5, 5.41) is 6.59. The molecule has 2 aromatic rings. The van der Waals surface area contributed by atoms with Gasteiger partial charge >= 0.3 is 0 Å². The minimum atomic E-state index is -0.187. The van der Waals surface area contributed by atoms with Gasteiger partial charge < -0.3 is 14.7 Å². The second-order valence-electron chi connectivity index (χ2n) is 5.82. The van der Waals surface area contributed by atoms with Gasteiger partial charge in [0.05, 0.1) is 0 Å². The van der Waals surface area contributed by atoms with E-state index in [0.717, 1.165) is 12.8 Å². The summed E-state index contributed by atoms with van der Waals surface area (Å²) in [7, 11) is 0. The van der Waals surface area contributed by atoms with E-state index in [9.17, 15) is 9.59 Å². The number of aryl methyl sites for hydroxylation is 1. The zero-order chi connectivity index (χ0) is 17.1. The molecule has 0 radical (unpaired) electrons. The first-order chi connectivity index (χ1) is 11.6. The predicted octanol–water partition coefficient (Wildman–Crippen LogP) is 2.70. The number of likely N-dealkylation sites (tertiary alicyclic amines) is 1. The van der Waals surface area contributed by atoms with Crippen LogP contribution in [0.2, 0.25) is 0 Å². The standard InChI is InChI=1S/C17H20N4O3/c1-3-15(22)19-13-7-4-6-12(10-13)17(23)21-9-5-8-14(21)16-18-11(2)20-24-16/h4,6-7,10,14H,3,5,8-9H2,1-2H3,(H,19,22)/t14-/m1/s1. The molecular weight excluding hydrogens is 308 g/mol. The molecule has 7 heteroatoms. The molecule has 0 spiro atoms. The second-order valence-corrected chi connectivity index (χ2v) is 5.82. The molecule has 0 bridgehead atoms. The summed E-state index contributed by atoms with van der Waals surface area (Å²) < 4.78 is 5.24. The van der Waals surface area contributed by atoms with Crippen molar-refractivity contribution in [1.29, 1.82) is 0 Å². The first-order valence-corrected chi connectivity index (χ1v) is 8.09. The molecular formula is C17H20N4O3. The molecule has 1 fully saturated rings. The number of hydrogen-bond donors (Lipinski definition) is 1. The third-order valence-corrected chi connectivity index (χ3v) is 4.06. The smallest absolute Gasteiger partial charge is 0.254 e. The van der Waals surface area contributed by atoms with E-state index in [4.69, 9.17) is 4.52 Å². The zero-order valence-corrected chi connectivity index (χ0v) is 13.8. The lowest BCUT2D eigenvalue weighted by Gasteiger charge is -2.22. The molecule has 7 nitrogen and oxygen atoms in total. The van der Waals surface area contributed by atoms with Crippen LogP contribution in [0.15, 0.2) is 28.8 Å². The molecule has 2 heterocycles. The van der Waals surface area contributed by atoms with Crippen molar-refractivity contribution in [2.24, 2.45) is 0 Å². The highest BCUT2D eigenvalue weighted by Crippen LogP contribution is 2.32. The lowest BCUT2D eigenvalue weighted by Crippen LogP contribution is -2.30. The number of anilines is 1. The van der Waals surface area contributed by atoms with Crippen molar-refractivity contribution in [1.82, 2.24) is 15.0 Å². The first-order valence-electron chi connectivity index (χ1n) is 8.09. The molecule has 1 aromatic heterocycles. The van der Waals surface area contributed by atoms with Crippen molar-refractivity contribution in [2.45, 2.75) is 39.2 Å². The maximum absolute atomic E-state index is 12.9. The maximum Gasteiger partial charge on any atom is 0.254 e. The van der Waals surface area contributed by atoms with Gasteiger partial charge in [-0.05, 0) is 38.0 Å². The van der Waals surface area contributed by atoms with Gasteiger partial charge in [0, 0.05) is 24.2 Å². The van der Waals surface area contributed by atoms with Crippen LogP contribution in [0.3, 0.4) is 0 Å². The second kappa shape index (κ2) is 6.82. The fourth-order valence-corrected chi connectivity index (χ4v) is 2.86. The fraction of sp³-hybridized carbons (Fsp3) is 0.412. The molecule has 1 aliphatic heterocycles. The quantitative estimate of drug-likeness (QED) is 0.932. The predicted molar refractivity (Wildman–Crippen MR) is 87.4 cm³/mol. The van der Waals surface area contributed by atoms with Crippen LogP contribution in [0.5, 0.6) is 0 Å². The summed E-state index contributed by atoms with van der Waals surface area (Å²) in [5.41, 5.74) is 1.16. The third kappa shape index (κ3) is 3.29. The van der Waals surface area contributed by atoms with Gasteiger partial charge in [0.25, 0.3) is 5.91 Å². The van der Waals surface area contributed by atoms with Crippen LogP contribution in [-0.2, 0) is 4.79 Å². The Kier molecular flexibility index (Phi) is 4.59. The monoisotopic (exact) mass is 328 g/mol. The van der Waals surface area contributed by atoms with Crippen molar-refractivity contribution in [3.8, 4) is 0 Å². The molecule has 2 amide bonds. The van der Waals surface area contributed by atoms with Crippen molar-refractivity contribution in [3.63, 3.8) is 0 Å². The van der Waals surface area contributed by atoms with E-state index in [0.29, 0.717) is 35.9 Å². The highest BCUT2D eigenvalue weighted by atomic mass is 16.5. The van der Waals surface area contributed by atoms with E-state index in [1.54, 1.807) is 43.0 Å². The Labute approximate surface area is 140 Å². The van der Waals surface area contributed by atoms with Crippen LogP contribution < -0.4 is 5.32 Å². The average molecular weight is 328 g/mol. The number of rotatable bonds is 4. The Hall–Kier alpha value is -2.70. The Bertz CT molecular complexity index is 756. The third-order valence-electron chi connectivity index (χ3n) is 4.06. The summed E-state index contributed by atoms with van der Waals surface area (Å²) in [5.74, 6) is 0.864. The van der Waals surface area contributed by atoms with Gasteiger partial charge in [-0.15, -0.1) is 0 Å². The van der Waals surface area contributed by atoms with Gasteiger partial charge in [-0.1, -0.05) is 18.1 Å². The highest BCUT2D eigenvalue weighted by molar-refractivity contribution is 5.97. The van der Waals surface area contributed by atoms with Crippen LogP contribution in [0.4, 0.5) is 5.69 Å². The van der Waals surface area contributed by atoms with Crippen LogP contribution in [0.1, 0.15) is 54.3 Å². The molecule has 1 atom stereocenters. The molecule has 1 aliphatic rings. The maximum atomic E-state index is 12.9. The van der Waals surface area contributed by atoms with Crippen LogP contribution in [-0.4, -0.2) is 33.4 Å². The lowest BCUT2D eigenvalue weighted by molar-refractivity contribution is -0.115. The number of nitrogens with one attached hydrogen (secondary N) is 1. The molecule has 0 unspecified atom stereocenters. The van der Waals surface area contributed by atoms with Crippen LogP contribution in [0.25, 0.3) is 0 Å². The van der Waals surface area contributed by atoms with Crippen molar-refractivity contribution in [3.05, 3.63) is 41.5 Å². The van der Waals surface area contributed by atoms with E-state index in [1.165, 1.54) is 0 Å². The van der Waals surface area contributed by atoms with Crippen molar-refractivity contribution < 1.29 is 14.1 Å². The van der Waals surface area contributed by atoms with E-state index in [1.807, 2.05) is 0 Å². The van der Waals surface area contributed by atoms with Crippen LogP contribution in [0, 0.1) is 6.92 Å². The Balaban J connectivity index is 1.80. The summed E-state index contributed by atoms with van der Waals surface area (Å²) in [6.07, 6.45) is 2.09. The number of carbonyl (C=O) groups excluding carboxylic acids is 2. The van der Waals surface area contributed by atoms with E-state index in [-0.39, 0.29) is 17.9 Å². The van der Waals surface area contributed by atoms with Gasteiger partial charge in [0.15, 0.2) is 5.82 Å². The molecule has 126 valence electrons. The minimum Gasteiger partial charge on any atom is -0.337 e. The van der Waals surface area contributed by atoms with Crippen LogP contribution >= 0.6 is 0 Å². The molecule has 1 N–H and O–H groups in total. The topological polar surface area (TPSA) is 88.3 Å². The summed E-state index contributed by atoms with van der Waals surface area (Å²) >= 11 is 0. The van der Waals surface area contributed by atoms with Crippen molar-refractivity contribution >= 4 is 17.5 Å². The minimum absolute atomic E-state index is 0.0833. The summed E-state index contributed by atoms with van der Waals surface area (Å²) in [6.45, 7) is 4.19. The van der Waals surface area contributed by atoms with Gasteiger partial charge in [-0.3, -0.25) is 9.59 Å². The van der Waals surface area contributed by atoms with Crippen molar-refractivity contribution in [2.75, 3.05) is 11.9 Å². The molecule has 3 rings (SSSR count). The van der Waals surface area contributed by atoms with E-state index >= 15 is 0 Å². The number of carbonyl (C=O) groups is 2. The number of hydrogen-bond acceptors (Lipinski definition) is 5. The molecule has 0 saturated carbocycles. The average Bonchev–Trinajstić information content (AvgIpc) is 3.22. The Morgan fingerprint density at radius 1 is 1.42 bits per heavy atom. The SMILES string of the molecule is CCC(=O)Nc1cccc(C(=O)N2CCC[C@@H]2c2nc(C)no2)c1. The Morgan fingerprint density at radius 2 is 2.25 bits per heavy atom. The normalized spacial score (nSPS) is 17.1.